The Hall–Kier alpha value is -3.64. The fourth-order valence-electron chi connectivity index (χ4n) is 4.66. The van der Waals surface area contributed by atoms with E-state index in [1.807, 2.05) is 66.7 Å². The van der Waals surface area contributed by atoms with Gasteiger partial charge in [-0.05, 0) is 99.3 Å². The Labute approximate surface area is 213 Å². The maximum absolute atomic E-state index is 12.3. The van der Waals surface area contributed by atoms with Crippen LogP contribution in [0.15, 0.2) is 78.9 Å². The molecular weight excluding hydrogens is 452 g/mol. The van der Waals surface area contributed by atoms with Crippen molar-refractivity contribution in [1.82, 2.24) is 4.90 Å². The van der Waals surface area contributed by atoms with E-state index in [2.05, 4.69) is 4.90 Å². The molecule has 0 amide bonds. The van der Waals surface area contributed by atoms with Crippen molar-refractivity contribution < 1.29 is 14.4 Å². The lowest BCUT2D eigenvalue weighted by molar-refractivity contribution is -0.374. The minimum absolute atomic E-state index is 0.0624. The first-order chi connectivity index (χ1) is 17.7. The van der Waals surface area contributed by atoms with Crippen molar-refractivity contribution in [1.29, 1.82) is 0 Å². The van der Waals surface area contributed by atoms with Crippen molar-refractivity contribution in [3.8, 4) is 11.5 Å². The molecular formula is C30H34N2O4. The van der Waals surface area contributed by atoms with Crippen LogP contribution in [0.2, 0.25) is 0 Å². The molecule has 4 rings (SSSR count). The third-order valence-corrected chi connectivity index (χ3v) is 6.57. The highest BCUT2D eigenvalue weighted by Gasteiger charge is 2.24. The number of nitro groups is 1. The fraction of sp³-hybridized carbons (Fsp3) is 0.333. The zero-order chi connectivity index (χ0) is 25.2. The van der Waals surface area contributed by atoms with Gasteiger partial charge in [-0.1, -0.05) is 42.5 Å². The van der Waals surface area contributed by atoms with Crippen molar-refractivity contribution in [2.75, 3.05) is 33.4 Å². The second-order valence-corrected chi connectivity index (χ2v) is 9.06. The molecule has 6 heteroatoms. The summed E-state index contributed by atoms with van der Waals surface area (Å²) < 4.78 is 11.2. The van der Waals surface area contributed by atoms with Crippen molar-refractivity contribution in [2.24, 2.45) is 0 Å². The van der Waals surface area contributed by atoms with Crippen LogP contribution in [-0.2, 0) is 0 Å². The van der Waals surface area contributed by atoms with Crippen LogP contribution >= 0.6 is 0 Å². The van der Waals surface area contributed by atoms with Crippen LogP contribution < -0.4 is 9.47 Å². The number of methoxy groups -OCH3 is 1. The molecule has 6 nitrogen and oxygen atoms in total. The fourth-order valence-corrected chi connectivity index (χ4v) is 4.66. The summed E-state index contributed by atoms with van der Waals surface area (Å²) in [5.74, 6) is 1.47. The molecule has 0 unspecified atom stereocenters. The second kappa shape index (κ2) is 12.9. The molecule has 0 aromatic heterocycles. The number of hydrogen-bond donors (Lipinski definition) is 0. The Kier molecular flexibility index (Phi) is 9.11. The largest absolute Gasteiger partial charge is 0.497 e. The number of ether oxygens (including phenoxy) is 2. The first kappa shape index (κ1) is 25.5. The molecule has 3 aromatic rings. The van der Waals surface area contributed by atoms with E-state index in [1.165, 1.54) is 38.9 Å². The van der Waals surface area contributed by atoms with E-state index in [0.717, 1.165) is 29.7 Å². The quantitative estimate of drug-likeness (QED) is 0.126. The normalized spacial score (nSPS) is 14.4. The zero-order valence-electron chi connectivity index (χ0n) is 20.9. The molecule has 36 heavy (non-hydrogen) atoms. The summed E-state index contributed by atoms with van der Waals surface area (Å²) in [6.45, 7) is 4.36. The van der Waals surface area contributed by atoms with Crippen LogP contribution in [0.4, 0.5) is 0 Å². The molecule has 1 aliphatic heterocycles. The number of nitrogens with zero attached hydrogens (tertiary/aromatic N) is 2. The van der Waals surface area contributed by atoms with E-state index in [4.69, 9.17) is 9.47 Å². The number of unbranched alkanes of at least 4 members (excludes halogenated alkanes) is 2. The third kappa shape index (κ3) is 6.73. The molecule has 188 valence electrons. The lowest BCUT2D eigenvalue weighted by atomic mass is 9.93. The van der Waals surface area contributed by atoms with E-state index in [1.54, 1.807) is 19.2 Å². The van der Waals surface area contributed by atoms with E-state index in [0.29, 0.717) is 23.5 Å². The van der Waals surface area contributed by atoms with E-state index in [9.17, 15) is 10.1 Å². The summed E-state index contributed by atoms with van der Waals surface area (Å²) in [4.78, 5) is 14.5. The minimum atomic E-state index is -0.304. The van der Waals surface area contributed by atoms with Crippen molar-refractivity contribution >= 4 is 11.3 Å². The maximum Gasteiger partial charge on any atom is 0.284 e. The van der Waals surface area contributed by atoms with E-state index >= 15 is 0 Å². The van der Waals surface area contributed by atoms with Crippen LogP contribution in [0.3, 0.4) is 0 Å². The lowest BCUT2D eigenvalue weighted by Gasteiger charge is -2.14. The predicted octanol–water partition coefficient (Wildman–Crippen LogP) is 6.53. The summed E-state index contributed by atoms with van der Waals surface area (Å²) in [6.07, 6.45) is 6.06. The van der Waals surface area contributed by atoms with Crippen molar-refractivity contribution in [3.63, 3.8) is 0 Å². The highest BCUT2D eigenvalue weighted by Crippen LogP contribution is 2.34. The van der Waals surface area contributed by atoms with Crippen molar-refractivity contribution in [3.05, 3.63) is 106 Å². The van der Waals surface area contributed by atoms with Gasteiger partial charge in [-0.2, -0.15) is 0 Å². The molecule has 1 heterocycles. The Bertz CT molecular complexity index is 1140. The predicted molar refractivity (Wildman–Crippen MR) is 144 cm³/mol. The van der Waals surface area contributed by atoms with E-state index < -0.39 is 0 Å². The van der Waals surface area contributed by atoms with Gasteiger partial charge < -0.3 is 14.4 Å². The molecule has 1 fully saturated rings. The smallest absolute Gasteiger partial charge is 0.284 e. The molecule has 0 aliphatic carbocycles. The molecule has 0 saturated carbocycles. The minimum Gasteiger partial charge on any atom is -0.497 e. The molecule has 0 spiro atoms. The molecule has 1 aliphatic rings. The zero-order valence-corrected chi connectivity index (χ0v) is 20.9. The number of rotatable bonds is 12. The van der Waals surface area contributed by atoms with Gasteiger partial charge in [0.2, 0.25) is 0 Å². The van der Waals surface area contributed by atoms with Crippen LogP contribution in [0, 0.1) is 10.1 Å². The highest BCUT2D eigenvalue weighted by atomic mass is 16.6. The van der Waals surface area contributed by atoms with Crippen LogP contribution in [0.1, 0.15) is 48.8 Å². The van der Waals surface area contributed by atoms with E-state index in [-0.39, 0.29) is 10.6 Å². The van der Waals surface area contributed by atoms with Gasteiger partial charge in [-0.25, -0.2) is 0 Å². The van der Waals surface area contributed by atoms with Gasteiger partial charge in [-0.15, -0.1) is 0 Å². The van der Waals surface area contributed by atoms with Crippen LogP contribution in [-0.4, -0.2) is 43.2 Å². The summed E-state index contributed by atoms with van der Waals surface area (Å²) in [7, 11) is 1.60. The monoisotopic (exact) mass is 486 g/mol. The summed E-state index contributed by atoms with van der Waals surface area (Å²) >= 11 is 0. The standard InChI is InChI=1S/C30H34N2O4/c1-35-27-16-12-24(13-17-27)29(30(32(33)34)26-10-4-2-5-11-26)25-14-18-28(19-15-25)36-23-9-3-6-20-31-21-7-8-22-31/h2,4-5,10-19H,3,6-9,20-23H2,1H3/b30-29+. The number of hydrogen-bond acceptors (Lipinski definition) is 5. The summed E-state index contributed by atoms with van der Waals surface area (Å²) in [5, 5.41) is 12.3. The van der Waals surface area contributed by atoms with Crippen LogP contribution in [0.5, 0.6) is 11.5 Å². The third-order valence-electron chi connectivity index (χ3n) is 6.57. The van der Waals surface area contributed by atoms with Gasteiger partial charge in [0.1, 0.15) is 11.5 Å². The van der Waals surface area contributed by atoms with Gasteiger partial charge in [0.25, 0.3) is 5.70 Å². The van der Waals surface area contributed by atoms with Gasteiger partial charge in [0.15, 0.2) is 0 Å². The van der Waals surface area contributed by atoms with Gasteiger partial charge in [0, 0.05) is 0 Å². The molecule has 3 aromatic carbocycles. The first-order valence-corrected chi connectivity index (χ1v) is 12.7. The second-order valence-electron chi connectivity index (χ2n) is 9.06. The number of benzene rings is 3. The summed E-state index contributed by atoms with van der Waals surface area (Å²) in [5.41, 5.74) is 2.68. The molecule has 1 saturated heterocycles. The average molecular weight is 487 g/mol. The Morgan fingerprint density at radius 3 is 2.00 bits per heavy atom. The molecule has 0 N–H and O–H groups in total. The highest BCUT2D eigenvalue weighted by molar-refractivity contribution is 5.95. The first-order valence-electron chi connectivity index (χ1n) is 12.7. The Morgan fingerprint density at radius 2 is 1.42 bits per heavy atom. The van der Waals surface area contributed by atoms with Crippen LogP contribution in [0.25, 0.3) is 11.3 Å². The molecule has 0 radical (unpaired) electrons. The number of likely N-dealkylation sites (tertiary alicyclic amines) is 1. The SMILES string of the molecule is COc1ccc(/C(=C(/c2ccccc2)[N+](=O)[O-])c2ccc(OCCCCCN3CCCC3)cc2)cc1. The topological polar surface area (TPSA) is 64.8 Å². The van der Waals surface area contributed by atoms with Gasteiger partial charge in [-0.3, -0.25) is 10.1 Å². The lowest BCUT2D eigenvalue weighted by Crippen LogP contribution is -2.20. The van der Waals surface area contributed by atoms with Gasteiger partial charge >= 0.3 is 0 Å². The average Bonchev–Trinajstić information content (AvgIpc) is 3.44. The Morgan fingerprint density at radius 1 is 0.806 bits per heavy atom. The molecule has 0 atom stereocenters. The molecule has 0 bridgehead atoms. The maximum atomic E-state index is 12.3. The van der Waals surface area contributed by atoms with Crippen molar-refractivity contribution in [2.45, 2.75) is 32.1 Å². The summed E-state index contributed by atoms with van der Waals surface area (Å²) in [6, 6.07) is 23.9. The van der Waals surface area contributed by atoms with Gasteiger partial charge in [0.05, 0.1) is 29.8 Å². The Balaban J connectivity index is 1.50.